The second-order valence-electron chi connectivity index (χ2n) is 3.67. The number of nitrogens with two attached hydrogens (primary N) is 1. The fourth-order valence-electron chi connectivity index (χ4n) is 1.73. The van der Waals surface area contributed by atoms with E-state index < -0.39 is 0 Å². The number of pyridine rings is 1. The summed E-state index contributed by atoms with van der Waals surface area (Å²) in [5.74, 6) is 0.384. The fraction of sp³-hybridized carbons (Fsp3) is 0.500. The van der Waals surface area contributed by atoms with Gasteiger partial charge in [-0.2, -0.15) is 0 Å². The molecule has 1 aliphatic heterocycles. The Kier molecular flexibility index (Phi) is 3.77. The molecule has 0 bridgehead atoms. The van der Waals surface area contributed by atoms with Crippen LogP contribution in [0, 0.1) is 5.92 Å². The molecule has 1 fully saturated rings. The number of nitrogens with zero attached hydrogens (tertiary/aromatic N) is 1. The van der Waals surface area contributed by atoms with Crippen molar-refractivity contribution in [1.29, 1.82) is 0 Å². The largest absolute Gasteiger partial charge is 0.381 e. The number of ether oxygens (including phenoxy) is 1. The molecule has 0 aromatic carbocycles. The van der Waals surface area contributed by atoms with Gasteiger partial charge in [-0.15, -0.1) is 0 Å². The van der Waals surface area contributed by atoms with E-state index in [-0.39, 0.29) is 6.04 Å². The second-order valence-corrected chi connectivity index (χ2v) is 5.44. The minimum absolute atomic E-state index is 0.0463. The summed E-state index contributed by atoms with van der Waals surface area (Å²) >= 11 is 6.85. The molecule has 1 aromatic rings. The van der Waals surface area contributed by atoms with Crippen molar-refractivity contribution in [2.75, 3.05) is 13.2 Å². The van der Waals surface area contributed by atoms with Gasteiger partial charge in [-0.1, -0.05) is 0 Å². The minimum atomic E-state index is -0.0463. The Hall–Kier alpha value is 0.0300. The van der Waals surface area contributed by atoms with Crippen molar-refractivity contribution in [1.82, 2.24) is 4.98 Å². The van der Waals surface area contributed by atoms with E-state index in [1.54, 1.807) is 6.20 Å². The van der Waals surface area contributed by atoms with E-state index in [4.69, 9.17) is 10.5 Å². The fourth-order valence-corrected chi connectivity index (χ4v) is 2.98. The smallest absolute Gasteiger partial charge is 0.0717 e. The maximum atomic E-state index is 6.16. The summed E-state index contributed by atoms with van der Waals surface area (Å²) in [5, 5.41) is 0. The van der Waals surface area contributed by atoms with Crippen LogP contribution in [0.3, 0.4) is 0 Å². The van der Waals surface area contributed by atoms with Crippen LogP contribution in [0.1, 0.15) is 18.2 Å². The quantitative estimate of drug-likeness (QED) is 0.903. The van der Waals surface area contributed by atoms with Crippen LogP contribution in [0.15, 0.2) is 21.2 Å². The van der Waals surface area contributed by atoms with Crippen molar-refractivity contribution in [3.63, 3.8) is 0 Å². The average molecular weight is 336 g/mol. The highest BCUT2D eigenvalue weighted by molar-refractivity contribution is 9.11. The highest BCUT2D eigenvalue weighted by atomic mass is 79.9. The Balaban J connectivity index is 2.20. The van der Waals surface area contributed by atoms with Crippen molar-refractivity contribution in [2.45, 2.75) is 12.5 Å². The van der Waals surface area contributed by atoms with Crippen molar-refractivity contribution in [2.24, 2.45) is 11.7 Å². The van der Waals surface area contributed by atoms with Gasteiger partial charge in [-0.25, -0.2) is 0 Å². The maximum absolute atomic E-state index is 6.16. The van der Waals surface area contributed by atoms with Gasteiger partial charge in [-0.05, 0) is 44.3 Å². The van der Waals surface area contributed by atoms with Gasteiger partial charge in [0.15, 0.2) is 0 Å². The molecule has 1 saturated heterocycles. The SMILES string of the molecule is NC(c1ncc(Br)cc1Br)C1CCOC1. The van der Waals surface area contributed by atoms with E-state index in [1.165, 1.54) is 0 Å². The molecule has 2 rings (SSSR count). The lowest BCUT2D eigenvalue weighted by Crippen LogP contribution is -2.23. The molecule has 1 aromatic heterocycles. The Morgan fingerprint density at radius 3 is 2.93 bits per heavy atom. The monoisotopic (exact) mass is 334 g/mol. The van der Waals surface area contributed by atoms with Gasteiger partial charge < -0.3 is 10.5 Å². The molecule has 82 valence electrons. The van der Waals surface area contributed by atoms with Gasteiger partial charge in [0, 0.05) is 27.7 Å². The summed E-state index contributed by atoms with van der Waals surface area (Å²) in [4.78, 5) is 4.35. The lowest BCUT2D eigenvalue weighted by Gasteiger charge is -2.18. The lowest BCUT2D eigenvalue weighted by molar-refractivity contribution is 0.180. The van der Waals surface area contributed by atoms with Gasteiger partial charge >= 0.3 is 0 Å². The minimum Gasteiger partial charge on any atom is -0.381 e. The Labute approximate surface area is 106 Å². The third-order valence-electron chi connectivity index (χ3n) is 2.62. The molecule has 0 amide bonds. The van der Waals surface area contributed by atoms with Crippen molar-refractivity contribution in [3.8, 4) is 0 Å². The molecule has 5 heteroatoms. The van der Waals surface area contributed by atoms with E-state index in [1.807, 2.05) is 6.07 Å². The standard InChI is InChI=1S/C10H12Br2N2O/c11-7-3-8(12)10(14-4-7)9(13)6-1-2-15-5-6/h3-4,6,9H,1-2,5,13H2. The zero-order valence-electron chi connectivity index (χ0n) is 8.12. The van der Waals surface area contributed by atoms with Crippen LogP contribution in [-0.4, -0.2) is 18.2 Å². The van der Waals surface area contributed by atoms with E-state index in [2.05, 4.69) is 36.8 Å². The lowest BCUT2D eigenvalue weighted by atomic mass is 9.97. The molecule has 2 unspecified atom stereocenters. The van der Waals surface area contributed by atoms with Gasteiger partial charge in [-0.3, -0.25) is 4.98 Å². The summed E-state index contributed by atoms with van der Waals surface area (Å²) in [6, 6.07) is 1.92. The Morgan fingerprint density at radius 1 is 1.53 bits per heavy atom. The number of aromatic nitrogens is 1. The molecular formula is C10H12Br2N2O. The second kappa shape index (κ2) is 4.91. The van der Waals surface area contributed by atoms with Gasteiger partial charge in [0.1, 0.15) is 0 Å². The van der Waals surface area contributed by atoms with E-state index in [0.29, 0.717) is 5.92 Å². The Bertz CT molecular complexity index is 353. The van der Waals surface area contributed by atoms with Crippen LogP contribution in [-0.2, 0) is 4.74 Å². The van der Waals surface area contributed by atoms with Gasteiger partial charge in [0.2, 0.25) is 0 Å². The van der Waals surface area contributed by atoms with Crippen LogP contribution >= 0.6 is 31.9 Å². The molecule has 0 aliphatic carbocycles. The van der Waals surface area contributed by atoms with Crippen molar-refractivity contribution >= 4 is 31.9 Å². The number of halogens is 2. The highest BCUT2D eigenvalue weighted by Gasteiger charge is 2.26. The van der Waals surface area contributed by atoms with Crippen LogP contribution in [0.25, 0.3) is 0 Å². The first-order valence-electron chi connectivity index (χ1n) is 4.82. The summed E-state index contributed by atoms with van der Waals surface area (Å²) < 4.78 is 7.24. The third kappa shape index (κ3) is 2.58. The maximum Gasteiger partial charge on any atom is 0.0717 e. The van der Waals surface area contributed by atoms with Crippen molar-refractivity contribution < 1.29 is 4.74 Å². The first-order valence-corrected chi connectivity index (χ1v) is 6.41. The predicted molar refractivity (Wildman–Crippen MR) is 65.5 cm³/mol. The van der Waals surface area contributed by atoms with Crippen LogP contribution in [0.5, 0.6) is 0 Å². The molecule has 0 radical (unpaired) electrons. The van der Waals surface area contributed by atoms with Gasteiger partial charge in [0.05, 0.1) is 18.3 Å². The van der Waals surface area contributed by atoms with Gasteiger partial charge in [0.25, 0.3) is 0 Å². The first-order chi connectivity index (χ1) is 7.18. The summed E-state index contributed by atoms with van der Waals surface area (Å²) in [6.45, 7) is 1.55. The number of hydrogen-bond acceptors (Lipinski definition) is 3. The predicted octanol–water partition coefficient (Wildman–Crippen LogP) is 2.64. The molecule has 0 saturated carbocycles. The van der Waals surface area contributed by atoms with Crippen LogP contribution in [0.4, 0.5) is 0 Å². The van der Waals surface area contributed by atoms with Crippen molar-refractivity contribution in [3.05, 3.63) is 26.9 Å². The third-order valence-corrected chi connectivity index (χ3v) is 3.69. The highest BCUT2D eigenvalue weighted by Crippen LogP contribution is 2.30. The molecule has 2 atom stereocenters. The zero-order chi connectivity index (χ0) is 10.8. The molecule has 1 aliphatic rings. The molecule has 3 nitrogen and oxygen atoms in total. The Morgan fingerprint density at radius 2 is 2.33 bits per heavy atom. The summed E-state index contributed by atoms with van der Waals surface area (Å²) in [5.41, 5.74) is 7.07. The molecule has 2 N–H and O–H groups in total. The number of hydrogen-bond donors (Lipinski definition) is 1. The summed E-state index contributed by atoms with van der Waals surface area (Å²) in [7, 11) is 0. The van der Waals surface area contributed by atoms with E-state index >= 15 is 0 Å². The normalized spacial score (nSPS) is 23.0. The van der Waals surface area contributed by atoms with E-state index in [0.717, 1.165) is 34.3 Å². The first kappa shape index (κ1) is 11.5. The molecule has 15 heavy (non-hydrogen) atoms. The zero-order valence-corrected chi connectivity index (χ0v) is 11.3. The summed E-state index contributed by atoms with van der Waals surface area (Å²) in [6.07, 6.45) is 2.79. The average Bonchev–Trinajstić information content (AvgIpc) is 2.69. The van der Waals surface area contributed by atoms with Crippen LogP contribution < -0.4 is 5.73 Å². The molecule has 0 spiro atoms. The van der Waals surface area contributed by atoms with E-state index in [9.17, 15) is 0 Å². The molecule has 2 heterocycles. The molecular weight excluding hydrogens is 324 g/mol. The van der Waals surface area contributed by atoms with Crippen LogP contribution in [0.2, 0.25) is 0 Å². The topological polar surface area (TPSA) is 48.1 Å². The number of rotatable bonds is 2.